The number of piperidine rings is 1. The summed E-state index contributed by atoms with van der Waals surface area (Å²) < 4.78 is 10.7. The lowest BCUT2D eigenvalue weighted by molar-refractivity contribution is -0.135. The quantitative estimate of drug-likeness (QED) is 0.781. The smallest absolute Gasteiger partial charge is 0.291 e. The Morgan fingerprint density at radius 1 is 1.30 bits per heavy atom. The number of rotatable bonds is 7. The molecule has 1 aliphatic heterocycles. The Hall–Kier alpha value is -2.80. The molecular formula is C20H25N3O4. The van der Waals surface area contributed by atoms with Crippen molar-refractivity contribution in [2.45, 2.75) is 12.8 Å². The lowest BCUT2D eigenvalue weighted by Crippen LogP contribution is -2.44. The van der Waals surface area contributed by atoms with Crippen molar-refractivity contribution in [3.63, 3.8) is 0 Å². The zero-order valence-corrected chi connectivity index (χ0v) is 15.4. The summed E-state index contributed by atoms with van der Waals surface area (Å²) >= 11 is 0. The maximum Gasteiger partial charge on any atom is 0.291 e. The van der Waals surface area contributed by atoms with Crippen LogP contribution in [0.3, 0.4) is 0 Å². The summed E-state index contributed by atoms with van der Waals surface area (Å²) in [5.74, 6) is 0.910. The number of carbonyl (C=O) groups excluding carboxylic acids is 2. The highest BCUT2D eigenvalue weighted by atomic mass is 16.5. The first kappa shape index (κ1) is 19.0. The molecule has 1 aromatic heterocycles. The van der Waals surface area contributed by atoms with E-state index in [2.05, 4.69) is 10.6 Å². The summed E-state index contributed by atoms with van der Waals surface area (Å²) in [4.78, 5) is 26.3. The fourth-order valence-electron chi connectivity index (χ4n) is 3.25. The molecule has 7 heteroatoms. The number of ether oxygens (including phenoxy) is 1. The van der Waals surface area contributed by atoms with Crippen LogP contribution in [0.4, 0.5) is 5.69 Å². The van der Waals surface area contributed by atoms with Crippen LogP contribution in [0, 0.1) is 5.92 Å². The Balaban J connectivity index is 1.52. The maximum absolute atomic E-state index is 12.4. The van der Waals surface area contributed by atoms with E-state index in [0.29, 0.717) is 17.4 Å². The molecule has 0 spiro atoms. The van der Waals surface area contributed by atoms with Crippen molar-refractivity contribution in [1.29, 1.82) is 0 Å². The Bertz CT molecular complexity index is 758. The minimum Gasteiger partial charge on any atom is -0.484 e. The van der Waals surface area contributed by atoms with Gasteiger partial charge < -0.3 is 24.7 Å². The van der Waals surface area contributed by atoms with Gasteiger partial charge in [-0.05, 0) is 56.6 Å². The van der Waals surface area contributed by atoms with Gasteiger partial charge in [0.15, 0.2) is 12.4 Å². The van der Waals surface area contributed by atoms with E-state index < -0.39 is 0 Å². The molecule has 0 radical (unpaired) electrons. The van der Waals surface area contributed by atoms with Gasteiger partial charge in [0.05, 0.1) is 6.26 Å². The second kappa shape index (κ2) is 9.23. The molecule has 1 unspecified atom stereocenters. The van der Waals surface area contributed by atoms with E-state index in [1.165, 1.54) is 6.26 Å². The lowest BCUT2D eigenvalue weighted by Gasteiger charge is -2.32. The summed E-state index contributed by atoms with van der Waals surface area (Å²) in [7, 11) is 1.93. The van der Waals surface area contributed by atoms with Gasteiger partial charge in [0, 0.05) is 24.8 Å². The van der Waals surface area contributed by atoms with Crippen molar-refractivity contribution in [3.05, 3.63) is 48.4 Å². The minimum atomic E-state index is -0.336. The predicted octanol–water partition coefficient (Wildman–Crippen LogP) is 2.37. The monoisotopic (exact) mass is 371 g/mol. The summed E-state index contributed by atoms with van der Waals surface area (Å²) in [5.41, 5.74) is 0.577. The van der Waals surface area contributed by atoms with E-state index in [1.54, 1.807) is 36.4 Å². The molecule has 1 saturated heterocycles. The molecular weight excluding hydrogens is 346 g/mol. The fourth-order valence-corrected chi connectivity index (χ4v) is 3.25. The van der Waals surface area contributed by atoms with E-state index in [9.17, 15) is 9.59 Å². The molecule has 0 aliphatic carbocycles. The lowest BCUT2D eigenvalue weighted by atomic mass is 9.98. The number of anilines is 1. The molecule has 2 amide bonds. The third kappa shape index (κ3) is 5.34. The second-order valence-corrected chi connectivity index (χ2v) is 6.65. The SMILES string of the molecule is CNCC1CCCN(C(=O)COc2cccc(NC(=O)c3ccco3)c2)C1. The van der Waals surface area contributed by atoms with E-state index in [4.69, 9.17) is 9.15 Å². The van der Waals surface area contributed by atoms with Gasteiger partial charge in [0.25, 0.3) is 11.8 Å². The molecule has 1 aromatic carbocycles. The van der Waals surface area contributed by atoms with Crippen molar-refractivity contribution in [1.82, 2.24) is 10.2 Å². The van der Waals surface area contributed by atoms with Crippen LogP contribution in [0.5, 0.6) is 5.75 Å². The Kier molecular flexibility index (Phi) is 6.49. The molecule has 7 nitrogen and oxygen atoms in total. The minimum absolute atomic E-state index is 0.0120. The van der Waals surface area contributed by atoms with Crippen LogP contribution in [0.2, 0.25) is 0 Å². The summed E-state index contributed by atoms with van der Waals surface area (Å²) in [6, 6.07) is 10.2. The van der Waals surface area contributed by atoms with Gasteiger partial charge in [-0.25, -0.2) is 0 Å². The summed E-state index contributed by atoms with van der Waals surface area (Å²) in [5, 5.41) is 5.92. The number of hydrogen-bond donors (Lipinski definition) is 2. The van der Waals surface area contributed by atoms with Crippen LogP contribution in [0.25, 0.3) is 0 Å². The maximum atomic E-state index is 12.4. The van der Waals surface area contributed by atoms with E-state index >= 15 is 0 Å². The van der Waals surface area contributed by atoms with Gasteiger partial charge >= 0.3 is 0 Å². The average molecular weight is 371 g/mol. The first-order valence-corrected chi connectivity index (χ1v) is 9.16. The molecule has 144 valence electrons. The third-order valence-corrected chi connectivity index (χ3v) is 4.56. The molecule has 0 bridgehead atoms. The summed E-state index contributed by atoms with van der Waals surface area (Å²) in [6.07, 6.45) is 3.61. The van der Waals surface area contributed by atoms with Crippen molar-refractivity contribution >= 4 is 17.5 Å². The van der Waals surface area contributed by atoms with Crippen LogP contribution in [0.15, 0.2) is 47.1 Å². The summed E-state index contributed by atoms with van der Waals surface area (Å²) in [6.45, 7) is 2.45. The van der Waals surface area contributed by atoms with Gasteiger partial charge in [-0.15, -0.1) is 0 Å². The molecule has 27 heavy (non-hydrogen) atoms. The molecule has 1 atom stereocenters. The third-order valence-electron chi connectivity index (χ3n) is 4.56. The largest absolute Gasteiger partial charge is 0.484 e. The Morgan fingerprint density at radius 2 is 2.19 bits per heavy atom. The van der Waals surface area contributed by atoms with E-state index in [0.717, 1.165) is 32.5 Å². The highest BCUT2D eigenvalue weighted by Crippen LogP contribution is 2.19. The fraction of sp³-hybridized carbons (Fsp3) is 0.400. The zero-order valence-electron chi connectivity index (χ0n) is 15.4. The van der Waals surface area contributed by atoms with Crippen LogP contribution in [-0.4, -0.2) is 50.0 Å². The molecule has 2 N–H and O–H groups in total. The Labute approximate surface area is 158 Å². The number of furan rings is 1. The molecule has 1 fully saturated rings. The molecule has 1 aliphatic rings. The van der Waals surface area contributed by atoms with Gasteiger partial charge in [-0.1, -0.05) is 6.07 Å². The number of hydrogen-bond acceptors (Lipinski definition) is 5. The Morgan fingerprint density at radius 3 is 2.96 bits per heavy atom. The van der Waals surface area contributed by atoms with Gasteiger partial charge in [-0.3, -0.25) is 9.59 Å². The second-order valence-electron chi connectivity index (χ2n) is 6.65. The number of likely N-dealkylation sites (tertiary alicyclic amines) is 1. The van der Waals surface area contributed by atoms with E-state index in [1.807, 2.05) is 11.9 Å². The number of amides is 2. The first-order valence-electron chi connectivity index (χ1n) is 9.16. The average Bonchev–Trinajstić information content (AvgIpc) is 3.22. The normalized spacial score (nSPS) is 16.8. The number of nitrogens with one attached hydrogen (secondary N) is 2. The van der Waals surface area contributed by atoms with Crippen molar-refractivity contribution in [2.75, 3.05) is 38.6 Å². The van der Waals surface area contributed by atoms with Gasteiger partial charge in [-0.2, -0.15) is 0 Å². The first-order chi connectivity index (χ1) is 13.2. The number of carbonyl (C=O) groups is 2. The highest BCUT2D eigenvalue weighted by molar-refractivity contribution is 6.02. The van der Waals surface area contributed by atoms with Crippen LogP contribution >= 0.6 is 0 Å². The van der Waals surface area contributed by atoms with Crippen molar-refractivity contribution < 1.29 is 18.7 Å². The highest BCUT2D eigenvalue weighted by Gasteiger charge is 2.23. The van der Waals surface area contributed by atoms with Crippen LogP contribution in [-0.2, 0) is 4.79 Å². The van der Waals surface area contributed by atoms with Crippen LogP contribution in [0.1, 0.15) is 23.4 Å². The van der Waals surface area contributed by atoms with Crippen LogP contribution < -0.4 is 15.4 Å². The van der Waals surface area contributed by atoms with Gasteiger partial charge in [0.1, 0.15) is 5.75 Å². The van der Waals surface area contributed by atoms with Gasteiger partial charge in [0.2, 0.25) is 0 Å². The van der Waals surface area contributed by atoms with Crippen molar-refractivity contribution in [2.24, 2.45) is 5.92 Å². The number of nitrogens with zero attached hydrogens (tertiary/aromatic N) is 1. The molecule has 2 aromatic rings. The predicted molar refractivity (Wildman–Crippen MR) is 102 cm³/mol. The molecule has 0 saturated carbocycles. The topological polar surface area (TPSA) is 83.8 Å². The van der Waals surface area contributed by atoms with E-state index in [-0.39, 0.29) is 24.2 Å². The zero-order chi connectivity index (χ0) is 19.1. The van der Waals surface area contributed by atoms with Crippen molar-refractivity contribution in [3.8, 4) is 5.75 Å². The molecule has 2 heterocycles. The molecule has 3 rings (SSSR count). The number of benzene rings is 1. The standard InChI is InChI=1S/C20H25N3O4/c1-21-12-15-5-3-9-23(13-15)19(24)14-27-17-7-2-6-16(11-17)22-20(25)18-8-4-10-26-18/h2,4,6-8,10-11,15,21H,3,5,9,12-14H2,1H3,(H,22,25).